The summed E-state index contributed by atoms with van der Waals surface area (Å²) in [5.41, 5.74) is 0.521. The Morgan fingerprint density at radius 3 is 2.37 bits per heavy atom. The summed E-state index contributed by atoms with van der Waals surface area (Å²) in [5, 5.41) is 12.1. The van der Waals surface area contributed by atoms with Gasteiger partial charge in [-0.2, -0.15) is 0 Å². The molecule has 30 heavy (non-hydrogen) atoms. The molecule has 0 bridgehead atoms. The molecule has 0 unspecified atom stereocenters. The summed E-state index contributed by atoms with van der Waals surface area (Å²) in [6.45, 7) is 0.934. The van der Waals surface area contributed by atoms with Crippen molar-refractivity contribution >= 4 is 46.3 Å². The highest BCUT2D eigenvalue weighted by molar-refractivity contribution is 6.36. The molecule has 7 nitrogen and oxygen atoms in total. The Labute approximate surface area is 183 Å². The van der Waals surface area contributed by atoms with Crippen LogP contribution in [-0.2, 0) is 4.74 Å². The zero-order valence-corrected chi connectivity index (χ0v) is 17.6. The van der Waals surface area contributed by atoms with Crippen LogP contribution in [0.15, 0.2) is 36.4 Å². The van der Waals surface area contributed by atoms with Gasteiger partial charge in [-0.15, -0.1) is 0 Å². The van der Waals surface area contributed by atoms with E-state index in [1.54, 1.807) is 6.07 Å². The molecule has 0 amide bonds. The fraction of sp³-hybridized carbons (Fsp3) is 0.333. The van der Waals surface area contributed by atoms with Gasteiger partial charge in [-0.1, -0.05) is 36.0 Å². The van der Waals surface area contributed by atoms with Gasteiger partial charge < -0.3 is 9.64 Å². The number of Topliss-reactive ketones (excluding diaryl/α,β-unsaturated/α-hetero) is 1. The lowest BCUT2D eigenvalue weighted by Gasteiger charge is -2.22. The highest BCUT2D eigenvalue weighted by atomic mass is 35.5. The number of anilines is 1. The van der Waals surface area contributed by atoms with E-state index >= 15 is 0 Å². The van der Waals surface area contributed by atoms with Crippen molar-refractivity contribution in [2.45, 2.75) is 25.7 Å². The third-order valence-corrected chi connectivity index (χ3v) is 5.47. The van der Waals surface area contributed by atoms with Crippen LogP contribution in [0.25, 0.3) is 0 Å². The number of ketones is 1. The predicted molar refractivity (Wildman–Crippen MR) is 115 cm³/mol. The Morgan fingerprint density at radius 2 is 1.73 bits per heavy atom. The number of carbonyl (C=O) groups is 2. The molecule has 0 N–H and O–H groups in total. The van der Waals surface area contributed by atoms with Gasteiger partial charge in [0, 0.05) is 29.7 Å². The Bertz CT molecular complexity index is 972. The fourth-order valence-corrected chi connectivity index (χ4v) is 3.90. The summed E-state index contributed by atoms with van der Waals surface area (Å²) in [6.07, 6.45) is 4.13. The topological polar surface area (TPSA) is 89.8 Å². The monoisotopic (exact) mass is 450 g/mol. The Morgan fingerprint density at radius 1 is 1.03 bits per heavy atom. The maximum absolute atomic E-state index is 12.4. The predicted octanol–water partition coefficient (Wildman–Crippen LogP) is 5.32. The van der Waals surface area contributed by atoms with E-state index in [1.807, 2.05) is 4.90 Å². The van der Waals surface area contributed by atoms with Crippen LogP contribution in [0.5, 0.6) is 0 Å². The second-order valence-electron chi connectivity index (χ2n) is 6.99. The van der Waals surface area contributed by atoms with Crippen LogP contribution >= 0.6 is 23.2 Å². The van der Waals surface area contributed by atoms with Crippen molar-refractivity contribution in [1.82, 2.24) is 0 Å². The molecule has 0 aliphatic carbocycles. The minimum atomic E-state index is -0.820. The van der Waals surface area contributed by atoms with Crippen molar-refractivity contribution < 1.29 is 19.2 Å². The van der Waals surface area contributed by atoms with Crippen LogP contribution in [0.3, 0.4) is 0 Å². The largest absolute Gasteiger partial charge is 0.454 e. The van der Waals surface area contributed by atoms with E-state index in [0.29, 0.717) is 10.7 Å². The first kappa shape index (κ1) is 22.1. The number of nitrogens with zero attached hydrogens (tertiary/aromatic N) is 2. The minimum absolute atomic E-state index is 0.00951. The maximum atomic E-state index is 12.4. The molecule has 2 aromatic carbocycles. The van der Waals surface area contributed by atoms with Crippen LogP contribution in [0.2, 0.25) is 10.0 Å². The van der Waals surface area contributed by atoms with Crippen LogP contribution in [-0.4, -0.2) is 36.4 Å². The lowest BCUT2D eigenvalue weighted by molar-refractivity contribution is -0.384. The molecule has 1 saturated heterocycles. The van der Waals surface area contributed by atoms with Crippen LogP contribution in [0.1, 0.15) is 46.4 Å². The number of ether oxygens (including phenoxy) is 1. The quantitative estimate of drug-likeness (QED) is 0.256. The lowest BCUT2D eigenvalue weighted by atomic mass is 10.1. The number of hydrogen-bond acceptors (Lipinski definition) is 6. The first-order valence-electron chi connectivity index (χ1n) is 9.55. The van der Waals surface area contributed by atoms with E-state index in [-0.39, 0.29) is 21.8 Å². The van der Waals surface area contributed by atoms with Crippen molar-refractivity contribution in [2.24, 2.45) is 0 Å². The molecule has 0 atom stereocenters. The van der Waals surface area contributed by atoms with Gasteiger partial charge in [0.2, 0.25) is 5.78 Å². The first-order chi connectivity index (χ1) is 14.4. The van der Waals surface area contributed by atoms with Crippen molar-refractivity contribution in [2.75, 3.05) is 24.6 Å². The minimum Gasteiger partial charge on any atom is -0.454 e. The summed E-state index contributed by atoms with van der Waals surface area (Å²) in [7, 11) is 0. The van der Waals surface area contributed by atoms with E-state index in [4.69, 9.17) is 27.9 Å². The van der Waals surface area contributed by atoms with Crippen LogP contribution in [0.4, 0.5) is 11.4 Å². The Kier molecular flexibility index (Phi) is 7.29. The molecule has 2 aromatic rings. The molecule has 9 heteroatoms. The summed E-state index contributed by atoms with van der Waals surface area (Å²) in [6, 6.07) is 8.62. The van der Waals surface area contributed by atoms with Gasteiger partial charge in [-0.3, -0.25) is 14.9 Å². The van der Waals surface area contributed by atoms with Crippen LogP contribution < -0.4 is 4.90 Å². The second kappa shape index (κ2) is 9.91. The van der Waals surface area contributed by atoms with Crippen molar-refractivity contribution in [1.29, 1.82) is 0 Å². The molecule has 0 saturated carbocycles. The summed E-state index contributed by atoms with van der Waals surface area (Å²) >= 11 is 11.8. The Balaban J connectivity index is 1.73. The maximum Gasteiger partial charge on any atom is 0.338 e. The Hall–Kier alpha value is -2.64. The van der Waals surface area contributed by atoms with Gasteiger partial charge in [-0.25, -0.2) is 4.79 Å². The van der Waals surface area contributed by atoms with Gasteiger partial charge in [0.1, 0.15) is 5.69 Å². The molecular formula is C21H20Cl2N2O5. The number of halogens is 2. The summed E-state index contributed by atoms with van der Waals surface area (Å²) in [4.78, 5) is 37.7. The van der Waals surface area contributed by atoms with Gasteiger partial charge in [-0.05, 0) is 43.2 Å². The highest BCUT2D eigenvalue weighted by Gasteiger charge is 2.23. The molecule has 0 radical (unpaired) electrons. The lowest BCUT2D eigenvalue weighted by Crippen LogP contribution is -2.25. The number of benzene rings is 2. The number of esters is 1. The molecule has 158 valence electrons. The number of hydrogen-bond donors (Lipinski definition) is 0. The zero-order chi connectivity index (χ0) is 21.7. The van der Waals surface area contributed by atoms with E-state index in [1.165, 1.54) is 30.3 Å². The normalized spacial score (nSPS) is 14.1. The molecule has 1 heterocycles. The average molecular weight is 451 g/mol. The third kappa shape index (κ3) is 5.29. The third-order valence-electron chi connectivity index (χ3n) is 4.92. The van der Waals surface area contributed by atoms with Gasteiger partial charge in [0.15, 0.2) is 6.61 Å². The SMILES string of the molecule is O=C(OCC(=O)c1ccc(Cl)cc1Cl)c1ccc(N2CCCCCC2)c([N+](=O)[O-])c1. The molecule has 3 rings (SSSR count). The molecule has 0 spiro atoms. The number of nitro groups is 1. The molecule has 1 fully saturated rings. The van der Waals surface area contributed by atoms with Crippen molar-refractivity contribution in [3.8, 4) is 0 Å². The van der Waals surface area contributed by atoms with E-state index in [2.05, 4.69) is 0 Å². The number of nitro benzene ring substituents is 1. The van der Waals surface area contributed by atoms with E-state index in [0.717, 1.165) is 38.8 Å². The van der Waals surface area contributed by atoms with Crippen molar-refractivity contribution in [3.05, 3.63) is 67.7 Å². The number of rotatable bonds is 6. The first-order valence-corrected chi connectivity index (χ1v) is 10.3. The number of carbonyl (C=O) groups excluding carboxylic acids is 2. The fourth-order valence-electron chi connectivity index (χ4n) is 3.38. The molecular weight excluding hydrogens is 431 g/mol. The van der Waals surface area contributed by atoms with Crippen molar-refractivity contribution in [3.63, 3.8) is 0 Å². The summed E-state index contributed by atoms with van der Waals surface area (Å²) < 4.78 is 5.05. The molecule has 1 aliphatic heterocycles. The van der Waals surface area contributed by atoms with Crippen LogP contribution in [0, 0.1) is 10.1 Å². The second-order valence-corrected chi connectivity index (χ2v) is 7.83. The zero-order valence-electron chi connectivity index (χ0n) is 16.1. The average Bonchev–Trinajstić information content (AvgIpc) is 3.00. The van der Waals surface area contributed by atoms with Gasteiger partial charge >= 0.3 is 5.97 Å². The van der Waals surface area contributed by atoms with E-state index < -0.39 is 23.3 Å². The smallest absolute Gasteiger partial charge is 0.338 e. The molecule has 0 aromatic heterocycles. The van der Waals surface area contributed by atoms with Gasteiger partial charge in [0.25, 0.3) is 5.69 Å². The molecule has 1 aliphatic rings. The highest BCUT2D eigenvalue weighted by Crippen LogP contribution is 2.31. The van der Waals surface area contributed by atoms with E-state index in [9.17, 15) is 19.7 Å². The van der Waals surface area contributed by atoms with Gasteiger partial charge in [0.05, 0.1) is 15.5 Å². The summed E-state index contributed by atoms with van der Waals surface area (Å²) in [5.74, 6) is -1.32. The standard InChI is InChI=1S/C21H20Cl2N2O5/c22-15-6-7-16(17(23)12-15)20(26)13-30-21(27)14-5-8-18(19(11-14)25(28)29)24-9-3-1-2-4-10-24/h5-8,11-12H,1-4,9-10,13H2.